The largest absolute Gasteiger partial charge is 0.376 e. The molecule has 0 saturated carbocycles. The standard InChI is InChI=1S/C13H23N3O2/c17-13(15-6-12-2-1-3-18-12)9-16-7-10-4-14-5-11(10)8-16/h10-12,14H,1-9H2,(H,15,17). The second kappa shape index (κ2) is 5.55. The van der Waals surface area contributed by atoms with Gasteiger partial charge in [0.15, 0.2) is 0 Å². The zero-order chi connectivity index (χ0) is 12.4. The second-order valence-electron chi connectivity index (χ2n) is 5.81. The molecule has 3 saturated heterocycles. The molecule has 3 aliphatic rings. The van der Waals surface area contributed by atoms with Crippen LogP contribution < -0.4 is 10.6 Å². The van der Waals surface area contributed by atoms with Gasteiger partial charge in [0.2, 0.25) is 5.91 Å². The van der Waals surface area contributed by atoms with Crippen LogP contribution in [0.3, 0.4) is 0 Å². The van der Waals surface area contributed by atoms with E-state index in [9.17, 15) is 4.79 Å². The van der Waals surface area contributed by atoms with Crippen molar-refractivity contribution in [3.05, 3.63) is 0 Å². The van der Waals surface area contributed by atoms with Gasteiger partial charge in [0.25, 0.3) is 0 Å². The van der Waals surface area contributed by atoms with Crippen molar-refractivity contribution in [2.24, 2.45) is 11.8 Å². The van der Waals surface area contributed by atoms with Crippen molar-refractivity contribution >= 4 is 5.91 Å². The lowest BCUT2D eigenvalue weighted by Crippen LogP contribution is -2.40. The molecule has 3 heterocycles. The molecule has 3 unspecified atom stereocenters. The second-order valence-corrected chi connectivity index (χ2v) is 5.81. The van der Waals surface area contributed by atoms with E-state index in [4.69, 9.17) is 4.74 Å². The number of nitrogens with zero attached hydrogens (tertiary/aromatic N) is 1. The summed E-state index contributed by atoms with van der Waals surface area (Å²) in [6, 6.07) is 0. The Labute approximate surface area is 108 Å². The fourth-order valence-electron chi connectivity index (χ4n) is 3.37. The van der Waals surface area contributed by atoms with Crippen LogP contribution in [-0.2, 0) is 9.53 Å². The van der Waals surface area contributed by atoms with Gasteiger partial charge in [-0.2, -0.15) is 0 Å². The van der Waals surface area contributed by atoms with E-state index < -0.39 is 0 Å². The first-order valence-corrected chi connectivity index (χ1v) is 7.12. The number of carbonyl (C=O) groups excluding carboxylic acids is 1. The Balaban J connectivity index is 1.36. The van der Waals surface area contributed by atoms with Gasteiger partial charge < -0.3 is 15.4 Å². The fraction of sp³-hybridized carbons (Fsp3) is 0.923. The number of likely N-dealkylation sites (tertiary alicyclic amines) is 1. The number of hydrogen-bond acceptors (Lipinski definition) is 4. The van der Waals surface area contributed by atoms with Crippen molar-refractivity contribution in [1.29, 1.82) is 0 Å². The van der Waals surface area contributed by atoms with E-state index in [0.29, 0.717) is 13.1 Å². The lowest BCUT2D eigenvalue weighted by Gasteiger charge is -2.17. The minimum atomic E-state index is 0.151. The molecule has 3 fully saturated rings. The van der Waals surface area contributed by atoms with Crippen molar-refractivity contribution in [2.75, 3.05) is 45.9 Å². The smallest absolute Gasteiger partial charge is 0.234 e. The summed E-state index contributed by atoms with van der Waals surface area (Å²) in [5.41, 5.74) is 0. The Morgan fingerprint density at radius 3 is 2.78 bits per heavy atom. The number of fused-ring (bicyclic) bond motifs is 1. The van der Waals surface area contributed by atoms with Crippen LogP contribution in [0, 0.1) is 11.8 Å². The van der Waals surface area contributed by atoms with Crippen LogP contribution >= 0.6 is 0 Å². The summed E-state index contributed by atoms with van der Waals surface area (Å²) >= 11 is 0. The predicted molar refractivity (Wildman–Crippen MR) is 68.3 cm³/mol. The van der Waals surface area contributed by atoms with Gasteiger partial charge in [-0.3, -0.25) is 9.69 Å². The van der Waals surface area contributed by atoms with E-state index in [1.807, 2.05) is 0 Å². The van der Waals surface area contributed by atoms with Gasteiger partial charge >= 0.3 is 0 Å². The molecule has 1 amide bonds. The van der Waals surface area contributed by atoms with E-state index in [1.54, 1.807) is 0 Å². The first kappa shape index (κ1) is 12.4. The highest BCUT2D eigenvalue weighted by Gasteiger charge is 2.36. The Kier molecular flexibility index (Phi) is 3.82. The van der Waals surface area contributed by atoms with Crippen LogP contribution in [0.1, 0.15) is 12.8 Å². The third-order valence-electron chi connectivity index (χ3n) is 4.38. The number of hydrogen-bond donors (Lipinski definition) is 2. The first-order chi connectivity index (χ1) is 8.81. The zero-order valence-corrected chi connectivity index (χ0v) is 10.9. The first-order valence-electron chi connectivity index (χ1n) is 7.12. The molecule has 2 N–H and O–H groups in total. The van der Waals surface area contributed by atoms with Gasteiger partial charge in [0.1, 0.15) is 0 Å². The Morgan fingerprint density at radius 1 is 1.33 bits per heavy atom. The molecule has 0 spiro atoms. The van der Waals surface area contributed by atoms with Gasteiger partial charge in [-0.1, -0.05) is 0 Å². The van der Waals surface area contributed by atoms with Gasteiger partial charge in [0, 0.05) is 26.2 Å². The SMILES string of the molecule is O=C(CN1CC2CNCC2C1)NCC1CCCO1. The molecule has 0 aromatic carbocycles. The van der Waals surface area contributed by atoms with E-state index >= 15 is 0 Å². The van der Waals surface area contributed by atoms with Crippen molar-refractivity contribution in [3.63, 3.8) is 0 Å². The number of amides is 1. The van der Waals surface area contributed by atoms with E-state index in [-0.39, 0.29) is 12.0 Å². The topological polar surface area (TPSA) is 53.6 Å². The number of nitrogens with one attached hydrogen (secondary N) is 2. The van der Waals surface area contributed by atoms with Crippen molar-refractivity contribution in [2.45, 2.75) is 18.9 Å². The molecule has 18 heavy (non-hydrogen) atoms. The van der Waals surface area contributed by atoms with Gasteiger partial charge in [-0.25, -0.2) is 0 Å². The summed E-state index contributed by atoms with van der Waals surface area (Å²) in [5, 5.41) is 6.41. The maximum absolute atomic E-state index is 11.9. The monoisotopic (exact) mass is 253 g/mol. The number of rotatable bonds is 4. The number of ether oxygens (including phenoxy) is 1. The van der Waals surface area contributed by atoms with Gasteiger partial charge in [-0.05, 0) is 37.8 Å². The highest BCUT2D eigenvalue weighted by atomic mass is 16.5. The molecule has 102 valence electrons. The van der Waals surface area contributed by atoms with Gasteiger partial charge in [0.05, 0.1) is 12.6 Å². The van der Waals surface area contributed by atoms with Crippen molar-refractivity contribution in [1.82, 2.24) is 15.5 Å². The highest BCUT2D eigenvalue weighted by molar-refractivity contribution is 5.78. The zero-order valence-electron chi connectivity index (χ0n) is 10.9. The fourth-order valence-corrected chi connectivity index (χ4v) is 3.37. The Hall–Kier alpha value is -0.650. The lowest BCUT2D eigenvalue weighted by atomic mass is 10.0. The molecule has 0 aliphatic carbocycles. The quantitative estimate of drug-likeness (QED) is 0.705. The minimum Gasteiger partial charge on any atom is -0.376 e. The van der Waals surface area contributed by atoms with Crippen molar-refractivity contribution < 1.29 is 9.53 Å². The molecule has 0 aromatic rings. The average Bonchev–Trinajstić information content (AvgIpc) is 3.01. The van der Waals surface area contributed by atoms with Gasteiger partial charge in [-0.15, -0.1) is 0 Å². The van der Waals surface area contributed by atoms with Crippen LogP contribution in [0.25, 0.3) is 0 Å². The highest BCUT2D eigenvalue weighted by Crippen LogP contribution is 2.25. The summed E-state index contributed by atoms with van der Waals surface area (Å²) in [5.74, 6) is 1.67. The average molecular weight is 253 g/mol. The van der Waals surface area contributed by atoms with Crippen LogP contribution in [0.2, 0.25) is 0 Å². The molecule has 0 bridgehead atoms. The summed E-state index contributed by atoms with van der Waals surface area (Å²) in [6.07, 6.45) is 2.46. The third kappa shape index (κ3) is 2.84. The van der Waals surface area contributed by atoms with Crippen LogP contribution in [0.15, 0.2) is 0 Å². The molecule has 5 nitrogen and oxygen atoms in total. The normalized spacial score (nSPS) is 35.9. The molecular weight excluding hydrogens is 230 g/mol. The summed E-state index contributed by atoms with van der Waals surface area (Å²) in [7, 11) is 0. The maximum Gasteiger partial charge on any atom is 0.234 e. The van der Waals surface area contributed by atoms with Crippen molar-refractivity contribution in [3.8, 4) is 0 Å². The van der Waals surface area contributed by atoms with E-state index in [2.05, 4.69) is 15.5 Å². The molecule has 0 aromatic heterocycles. The minimum absolute atomic E-state index is 0.151. The third-order valence-corrected chi connectivity index (χ3v) is 4.38. The van der Waals surface area contributed by atoms with Crippen LogP contribution in [-0.4, -0.2) is 62.8 Å². The summed E-state index contributed by atoms with van der Waals surface area (Å²) < 4.78 is 5.50. The Morgan fingerprint density at radius 2 is 2.11 bits per heavy atom. The lowest BCUT2D eigenvalue weighted by molar-refractivity contribution is -0.122. The molecule has 5 heteroatoms. The van der Waals surface area contributed by atoms with Crippen LogP contribution in [0.5, 0.6) is 0 Å². The van der Waals surface area contributed by atoms with E-state index in [1.165, 1.54) is 0 Å². The molecule has 3 aliphatic heterocycles. The Bertz CT molecular complexity index is 293. The molecule has 3 atom stereocenters. The van der Waals surface area contributed by atoms with E-state index in [0.717, 1.165) is 57.5 Å². The predicted octanol–water partition coefficient (Wildman–Crippen LogP) is -0.567. The molecular formula is C13H23N3O2. The molecule has 0 radical (unpaired) electrons. The molecule has 3 rings (SSSR count). The maximum atomic E-state index is 11.9. The summed E-state index contributed by atoms with van der Waals surface area (Å²) in [6.45, 7) is 6.48. The van der Waals surface area contributed by atoms with Crippen LogP contribution in [0.4, 0.5) is 0 Å². The summed E-state index contributed by atoms with van der Waals surface area (Å²) in [4.78, 5) is 14.1. The number of carbonyl (C=O) groups is 1.